The molecule has 0 aliphatic rings. The Morgan fingerprint density at radius 3 is 2.70 bits per heavy atom. The summed E-state index contributed by atoms with van der Waals surface area (Å²) in [6.07, 6.45) is -0.108. The number of amides is 1. The maximum atomic E-state index is 13.7. The number of benzene rings is 2. The monoisotopic (exact) mass is 331 g/mol. The van der Waals surface area contributed by atoms with Crippen molar-refractivity contribution in [3.8, 4) is 11.5 Å². The summed E-state index contributed by atoms with van der Waals surface area (Å²) in [4.78, 5) is 16.0. The quantitative estimate of drug-likeness (QED) is 0.791. The molecule has 116 valence electrons. The topological polar surface area (TPSA) is 68.0 Å². The van der Waals surface area contributed by atoms with E-state index in [4.69, 9.17) is 16.1 Å². The number of para-hydroxylation sites is 1. The smallest absolute Gasteiger partial charge is 0.260 e. The number of anilines is 1. The summed E-state index contributed by atoms with van der Waals surface area (Å²) < 4.78 is 18.7. The van der Waals surface area contributed by atoms with Gasteiger partial charge in [-0.1, -0.05) is 41.0 Å². The minimum atomic E-state index is -0.469. The van der Waals surface area contributed by atoms with E-state index in [1.807, 2.05) is 0 Å². The lowest BCUT2D eigenvalue weighted by Crippen LogP contribution is -2.15. The molecule has 0 unspecified atom stereocenters. The van der Waals surface area contributed by atoms with Crippen LogP contribution in [0.3, 0.4) is 0 Å². The molecule has 7 heteroatoms. The Bertz CT molecular complexity index is 851. The highest BCUT2D eigenvalue weighted by molar-refractivity contribution is 6.33. The lowest BCUT2D eigenvalue weighted by Gasteiger charge is -2.04. The molecule has 1 amide bonds. The fourth-order valence-electron chi connectivity index (χ4n) is 1.97. The predicted molar refractivity (Wildman–Crippen MR) is 83.5 cm³/mol. The summed E-state index contributed by atoms with van der Waals surface area (Å²) in [5.41, 5.74) is 0.690. The number of hydrogen-bond donors (Lipinski definition) is 1. The summed E-state index contributed by atoms with van der Waals surface area (Å²) in [5, 5.41) is 6.78. The van der Waals surface area contributed by atoms with Crippen molar-refractivity contribution in [2.24, 2.45) is 0 Å². The van der Waals surface area contributed by atoms with E-state index >= 15 is 0 Å². The highest BCUT2D eigenvalue weighted by Crippen LogP contribution is 2.22. The van der Waals surface area contributed by atoms with Crippen LogP contribution in [-0.4, -0.2) is 16.0 Å². The van der Waals surface area contributed by atoms with Crippen LogP contribution in [-0.2, 0) is 11.2 Å². The highest BCUT2D eigenvalue weighted by atomic mass is 35.5. The second-order valence-corrected chi connectivity index (χ2v) is 5.11. The molecule has 3 aromatic rings. The van der Waals surface area contributed by atoms with E-state index in [1.165, 1.54) is 12.1 Å². The molecule has 1 aromatic heterocycles. The van der Waals surface area contributed by atoms with Gasteiger partial charge in [-0.25, -0.2) is 4.39 Å². The first-order valence-corrected chi connectivity index (χ1v) is 7.13. The van der Waals surface area contributed by atoms with E-state index in [0.29, 0.717) is 10.7 Å². The Morgan fingerprint density at radius 1 is 1.17 bits per heavy atom. The van der Waals surface area contributed by atoms with Crippen molar-refractivity contribution in [1.29, 1.82) is 0 Å². The second kappa shape index (κ2) is 6.58. The molecule has 0 fully saturated rings. The average Bonchev–Trinajstić information content (AvgIpc) is 2.98. The minimum Gasteiger partial charge on any atom is -0.334 e. The minimum absolute atomic E-state index is 0.0312. The fourth-order valence-corrected chi connectivity index (χ4v) is 2.15. The lowest BCUT2D eigenvalue weighted by molar-refractivity contribution is -0.115. The van der Waals surface area contributed by atoms with Crippen LogP contribution < -0.4 is 5.32 Å². The molecule has 0 bridgehead atoms. The number of aromatic nitrogens is 2. The van der Waals surface area contributed by atoms with E-state index in [1.54, 1.807) is 36.4 Å². The molecule has 2 aromatic carbocycles. The van der Waals surface area contributed by atoms with Gasteiger partial charge in [-0.15, -0.1) is 0 Å². The van der Waals surface area contributed by atoms with Crippen LogP contribution in [0.15, 0.2) is 53.1 Å². The van der Waals surface area contributed by atoms with Crippen LogP contribution in [0.5, 0.6) is 0 Å². The largest absolute Gasteiger partial charge is 0.334 e. The number of halogens is 2. The predicted octanol–water partition coefficient (Wildman–Crippen LogP) is 3.71. The third kappa shape index (κ3) is 3.54. The number of rotatable bonds is 4. The second-order valence-electron chi connectivity index (χ2n) is 4.70. The van der Waals surface area contributed by atoms with Crippen molar-refractivity contribution in [1.82, 2.24) is 10.1 Å². The molecule has 0 saturated heterocycles. The van der Waals surface area contributed by atoms with Crippen LogP contribution in [0.25, 0.3) is 11.5 Å². The molecule has 23 heavy (non-hydrogen) atoms. The number of carbonyl (C=O) groups is 1. The van der Waals surface area contributed by atoms with Gasteiger partial charge in [0.2, 0.25) is 5.91 Å². The first kappa shape index (κ1) is 15.2. The van der Waals surface area contributed by atoms with Crippen LogP contribution in [0, 0.1) is 5.82 Å². The standard InChI is InChI=1S/C16H11ClFN3O2/c17-11-6-2-4-8-13(11)19-15(22)9-14-20-16(23-21-14)10-5-1-3-7-12(10)18/h1-8H,9H2,(H,19,22). The van der Waals surface area contributed by atoms with Gasteiger partial charge in [0.15, 0.2) is 5.82 Å². The first-order chi connectivity index (χ1) is 11.1. The zero-order valence-electron chi connectivity index (χ0n) is 11.8. The van der Waals surface area contributed by atoms with Gasteiger partial charge in [-0.2, -0.15) is 4.98 Å². The van der Waals surface area contributed by atoms with Gasteiger partial charge in [0.25, 0.3) is 5.89 Å². The summed E-state index contributed by atoms with van der Waals surface area (Å²) >= 11 is 5.97. The van der Waals surface area contributed by atoms with Crippen molar-refractivity contribution >= 4 is 23.2 Å². The van der Waals surface area contributed by atoms with Crippen LogP contribution >= 0.6 is 11.6 Å². The third-order valence-electron chi connectivity index (χ3n) is 3.04. The lowest BCUT2D eigenvalue weighted by atomic mass is 10.2. The zero-order valence-corrected chi connectivity index (χ0v) is 12.5. The summed E-state index contributed by atoms with van der Waals surface area (Å²) in [6, 6.07) is 12.9. The number of carbonyl (C=O) groups excluding carboxylic acids is 1. The van der Waals surface area contributed by atoms with Crippen LogP contribution in [0.2, 0.25) is 5.02 Å². The van der Waals surface area contributed by atoms with Gasteiger partial charge in [0.05, 0.1) is 22.7 Å². The molecule has 5 nitrogen and oxygen atoms in total. The Morgan fingerprint density at radius 2 is 1.91 bits per heavy atom. The summed E-state index contributed by atoms with van der Waals surface area (Å²) in [5.74, 6) is -0.626. The molecule has 0 radical (unpaired) electrons. The molecule has 0 saturated carbocycles. The van der Waals surface area contributed by atoms with Gasteiger partial charge < -0.3 is 9.84 Å². The van der Waals surface area contributed by atoms with E-state index in [2.05, 4.69) is 15.5 Å². The van der Waals surface area contributed by atoms with Gasteiger partial charge >= 0.3 is 0 Å². The van der Waals surface area contributed by atoms with Crippen LogP contribution in [0.1, 0.15) is 5.82 Å². The Labute approximate surface area is 136 Å². The van der Waals surface area contributed by atoms with Gasteiger partial charge in [-0.05, 0) is 24.3 Å². The SMILES string of the molecule is O=C(Cc1noc(-c2ccccc2F)n1)Nc1ccccc1Cl. The van der Waals surface area contributed by atoms with Gasteiger partial charge in [0.1, 0.15) is 5.82 Å². The maximum Gasteiger partial charge on any atom is 0.260 e. The Hall–Kier alpha value is -2.73. The average molecular weight is 332 g/mol. The molecule has 1 N–H and O–H groups in total. The summed E-state index contributed by atoms with van der Waals surface area (Å²) in [7, 11) is 0. The molecule has 0 atom stereocenters. The van der Waals surface area contributed by atoms with Gasteiger partial charge in [-0.3, -0.25) is 4.79 Å². The normalized spacial score (nSPS) is 10.5. The molecule has 3 rings (SSSR count). The van der Waals surface area contributed by atoms with Crippen LogP contribution in [0.4, 0.5) is 10.1 Å². The molecular weight excluding hydrogens is 321 g/mol. The van der Waals surface area contributed by atoms with E-state index in [0.717, 1.165) is 0 Å². The third-order valence-corrected chi connectivity index (χ3v) is 3.37. The zero-order chi connectivity index (χ0) is 16.2. The van der Waals surface area contributed by atoms with Gasteiger partial charge in [0, 0.05) is 0 Å². The van der Waals surface area contributed by atoms with Crippen molar-refractivity contribution in [3.63, 3.8) is 0 Å². The van der Waals surface area contributed by atoms with Crippen molar-refractivity contribution in [3.05, 3.63) is 65.2 Å². The number of hydrogen-bond acceptors (Lipinski definition) is 4. The number of nitrogens with zero attached hydrogens (tertiary/aromatic N) is 2. The van der Waals surface area contributed by atoms with Crippen molar-refractivity contribution in [2.45, 2.75) is 6.42 Å². The van der Waals surface area contributed by atoms with Crippen molar-refractivity contribution in [2.75, 3.05) is 5.32 Å². The van der Waals surface area contributed by atoms with Crippen molar-refractivity contribution < 1.29 is 13.7 Å². The molecule has 0 spiro atoms. The molecule has 1 heterocycles. The highest BCUT2D eigenvalue weighted by Gasteiger charge is 2.15. The Kier molecular flexibility index (Phi) is 4.34. The number of nitrogens with one attached hydrogen (secondary N) is 1. The first-order valence-electron chi connectivity index (χ1n) is 6.75. The maximum absolute atomic E-state index is 13.7. The summed E-state index contributed by atoms with van der Waals surface area (Å²) in [6.45, 7) is 0. The Balaban J connectivity index is 1.71. The van der Waals surface area contributed by atoms with E-state index in [-0.39, 0.29) is 29.6 Å². The fraction of sp³-hybridized carbons (Fsp3) is 0.0625. The van der Waals surface area contributed by atoms with E-state index in [9.17, 15) is 9.18 Å². The molecular formula is C16H11ClFN3O2. The molecule has 0 aliphatic heterocycles. The van der Waals surface area contributed by atoms with E-state index < -0.39 is 5.82 Å². The molecule has 0 aliphatic carbocycles.